The van der Waals surface area contributed by atoms with Crippen molar-refractivity contribution in [3.05, 3.63) is 131 Å². The Bertz CT molecular complexity index is 1500. The summed E-state index contributed by atoms with van der Waals surface area (Å²) in [5, 5.41) is 21.1. The summed E-state index contributed by atoms with van der Waals surface area (Å²) in [5.41, 5.74) is 3.91. The normalized spacial score (nSPS) is 16.6. The summed E-state index contributed by atoms with van der Waals surface area (Å²) in [6.07, 6.45) is 3.26. The number of hydrogen-bond donors (Lipinski definition) is 2. The first-order valence-electron chi connectivity index (χ1n) is 12.2. The molecule has 2 N–H and O–H groups in total. The number of nitrogens with zero attached hydrogens (tertiary/aromatic N) is 2. The number of ketones is 1. The minimum atomic E-state index is -0.840. The minimum absolute atomic E-state index is 0.0156. The van der Waals surface area contributed by atoms with E-state index < -0.39 is 17.7 Å². The molecule has 4 aromatic rings. The fraction of sp³-hybridized carbons (Fsp3) is 0.129. The summed E-state index contributed by atoms with van der Waals surface area (Å²) in [4.78, 5) is 31.9. The highest BCUT2D eigenvalue weighted by Crippen LogP contribution is 2.40. The van der Waals surface area contributed by atoms with Gasteiger partial charge in [-0.2, -0.15) is 0 Å². The van der Waals surface area contributed by atoms with Gasteiger partial charge in [-0.3, -0.25) is 14.6 Å². The molecule has 0 bridgehead atoms. The molecule has 3 aromatic carbocycles. The zero-order valence-electron chi connectivity index (χ0n) is 20.7. The first-order chi connectivity index (χ1) is 18.4. The van der Waals surface area contributed by atoms with E-state index in [1.807, 2.05) is 37.3 Å². The van der Waals surface area contributed by atoms with Crippen molar-refractivity contribution in [1.82, 2.24) is 9.88 Å². The SMILES string of the molecule is Cc1ccccc1COc1ccc(/C(O)=C2\C(=O)C(=O)N(Cc3cccnc3)[C@H]2c2ccc(O)cc2)cc1. The van der Waals surface area contributed by atoms with Crippen LogP contribution in [0.4, 0.5) is 0 Å². The average Bonchev–Trinajstić information content (AvgIpc) is 3.18. The van der Waals surface area contributed by atoms with Crippen LogP contribution in [0.25, 0.3) is 5.76 Å². The lowest BCUT2D eigenvalue weighted by molar-refractivity contribution is -0.140. The van der Waals surface area contributed by atoms with E-state index in [4.69, 9.17) is 4.74 Å². The van der Waals surface area contributed by atoms with E-state index in [9.17, 15) is 19.8 Å². The molecular formula is C31H26N2O5. The number of phenols is 1. The molecule has 0 unspecified atom stereocenters. The number of carbonyl (C=O) groups is 2. The van der Waals surface area contributed by atoms with Gasteiger partial charge in [0.15, 0.2) is 0 Å². The number of aromatic nitrogens is 1. The first-order valence-corrected chi connectivity index (χ1v) is 12.2. The maximum atomic E-state index is 13.2. The molecule has 1 aromatic heterocycles. The molecule has 2 heterocycles. The van der Waals surface area contributed by atoms with Crippen molar-refractivity contribution in [3.63, 3.8) is 0 Å². The third-order valence-corrected chi connectivity index (χ3v) is 6.61. The van der Waals surface area contributed by atoms with Crippen molar-refractivity contribution < 1.29 is 24.5 Å². The van der Waals surface area contributed by atoms with Crippen molar-refractivity contribution in [2.75, 3.05) is 0 Å². The zero-order valence-corrected chi connectivity index (χ0v) is 20.7. The number of phenolic OH excluding ortho intramolecular Hbond substituents is 1. The Balaban J connectivity index is 1.47. The lowest BCUT2D eigenvalue weighted by Gasteiger charge is -2.25. The summed E-state index contributed by atoms with van der Waals surface area (Å²) in [5.74, 6) is -1.10. The van der Waals surface area contributed by atoms with Gasteiger partial charge in [0, 0.05) is 24.5 Å². The van der Waals surface area contributed by atoms with Crippen LogP contribution in [0.2, 0.25) is 0 Å². The predicted octanol–water partition coefficient (Wildman–Crippen LogP) is 5.30. The molecule has 1 aliphatic rings. The molecule has 1 saturated heterocycles. The fourth-order valence-electron chi connectivity index (χ4n) is 4.53. The molecule has 1 fully saturated rings. The van der Waals surface area contributed by atoms with E-state index in [1.165, 1.54) is 17.0 Å². The molecule has 1 amide bonds. The molecule has 7 nitrogen and oxygen atoms in total. The van der Waals surface area contributed by atoms with Gasteiger partial charge in [0.05, 0.1) is 11.6 Å². The van der Waals surface area contributed by atoms with Crippen molar-refractivity contribution >= 4 is 17.4 Å². The average molecular weight is 507 g/mol. The molecular weight excluding hydrogens is 480 g/mol. The third-order valence-electron chi connectivity index (χ3n) is 6.61. The Morgan fingerprint density at radius 1 is 0.947 bits per heavy atom. The van der Waals surface area contributed by atoms with Gasteiger partial charge in [-0.1, -0.05) is 42.5 Å². The number of rotatable bonds is 7. The van der Waals surface area contributed by atoms with Crippen LogP contribution in [0.15, 0.2) is 103 Å². The lowest BCUT2D eigenvalue weighted by Crippen LogP contribution is -2.29. The maximum Gasteiger partial charge on any atom is 0.295 e. The number of benzene rings is 3. The number of aromatic hydroxyl groups is 1. The fourth-order valence-corrected chi connectivity index (χ4v) is 4.53. The number of Topliss-reactive ketones (excluding diaryl/α,β-unsaturated/α-hetero) is 1. The number of aryl methyl sites for hydroxylation is 1. The van der Waals surface area contributed by atoms with Crippen LogP contribution >= 0.6 is 0 Å². The molecule has 0 aliphatic carbocycles. The van der Waals surface area contributed by atoms with Crippen LogP contribution in [0.3, 0.4) is 0 Å². The maximum absolute atomic E-state index is 13.2. The number of pyridine rings is 1. The van der Waals surface area contributed by atoms with Crippen LogP contribution in [0.5, 0.6) is 11.5 Å². The lowest BCUT2D eigenvalue weighted by atomic mass is 9.95. The molecule has 0 saturated carbocycles. The van der Waals surface area contributed by atoms with Crippen molar-refractivity contribution in [2.45, 2.75) is 26.1 Å². The standard InChI is InChI=1S/C31H26N2O5/c1-20-5-2-3-7-24(20)19-38-26-14-10-23(11-15-26)29(35)27-28(22-8-12-25(34)13-9-22)33(31(37)30(27)36)18-21-6-4-16-32-17-21/h2-17,28,34-35H,18-19H2,1H3/b29-27+/t28-/m0/s1. The van der Waals surface area contributed by atoms with E-state index >= 15 is 0 Å². The Kier molecular flexibility index (Phi) is 6.91. The number of ether oxygens (including phenoxy) is 1. The third kappa shape index (κ3) is 4.99. The topological polar surface area (TPSA) is 100.0 Å². The van der Waals surface area contributed by atoms with Gasteiger partial charge in [-0.05, 0) is 71.6 Å². The second-order valence-electron chi connectivity index (χ2n) is 9.12. The predicted molar refractivity (Wildman–Crippen MR) is 142 cm³/mol. The number of aliphatic hydroxyl groups is 1. The van der Waals surface area contributed by atoms with Gasteiger partial charge in [-0.15, -0.1) is 0 Å². The largest absolute Gasteiger partial charge is 0.508 e. The molecule has 38 heavy (non-hydrogen) atoms. The van der Waals surface area contributed by atoms with Gasteiger partial charge in [0.1, 0.15) is 23.9 Å². The monoisotopic (exact) mass is 506 g/mol. The number of aliphatic hydroxyl groups excluding tert-OH is 1. The number of hydrogen-bond acceptors (Lipinski definition) is 6. The van der Waals surface area contributed by atoms with Crippen LogP contribution in [0.1, 0.15) is 33.9 Å². The van der Waals surface area contributed by atoms with Crippen LogP contribution in [-0.2, 0) is 22.7 Å². The second-order valence-corrected chi connectivity index (χ2v) is 9.12. The molecule has 1 aliphatic heterocycles. The van der Waals surface area contributed by atoms with E-state index in [1.54, 1.807) is 54.9 Å². The van der Waals surface area contributed by atoms with Gasteiger partial charge in [0.25, 0.3) is 11.7 Å². The molecule has 5 rings (SSSR count). The van der Waals surface area contributed by atoms with Crippen LogP contribution in [0, 0.1) is 6.92 Å². The highest BCUT2D eigenvalue weighted by Gasteiger charge is 2.46. The Labute approximate surface area is 220 Å². The Morgan fingerprint density at radius 3 is 2.37 bits per heavy atom. The zero-order chi connectivity index (χ0) is 26.6. The van der Waals surface area contributed by atoms with E-state index in [0.717, 1.165) is 16.7 Å². The molecule has 1 atom stereocenters. The number of amides is 1. The Morgan fingerprint density at radius 2 is 1.68 bits per heavy atom. The number of carbonyl (C=O) groups excluding carboxylic acids is 2. The van der Waals surface area contributed by atoms with Gasteiger partial charge in [-0.25, -0.2) is 0 Å². The minimum Gasteiger partial charge on any atom is -0.508 e. The quantitative estimate of drug-likeness (QED) is 0.201. The van der Waals surface area contributed by atoms with Crippen molar-refractivity contribution in [1.29, 1.82) is 0 Å². The summed E-state index contributed by atoms with van der Waals surface area (Å²) in [6.45, 7) is 2.55. The van der Waals surface area contributed by atoms with Gasteiger partial charge < -0.3 is 19.8 Å². The Hall–Kier alpha value is -4.91. The number of likely N-dealkylation sites (tertiary alicyclic amines) is 1. The molecule has 7 heteroatoms. The van der Waals surface area contributed by atoms with Crippen molar-refractivity contribution in [2.24, 2.45) is 0 Å². The van der Waals surface area contributed by atoms with E-state index in [2.05, 4.69) is 4.98 Å². The highest BCUT2D eigenvalue weighted by atomic mass is 16.5. The van der Waals surface area contributed by atoms with Gasteiger partial charge in [0.2, 0.25) is 0 Å². The van der Waals surface area contributed by atoms with Gasteiger partial charge >= 0.3 is 0 Å². The van der Waals surface area contributed by atoms with Crippen molar-refractivity contribution in [3.8, 4) is 11.5 Å². The highest BCUT2D eigenvalue weighted by molar-refractivity contribution is 6.46. The second kappa shape index (κ2) is 10.6. The summed E-state index contributed by atoms with van der Waals surface area (Å²) < 4.78 is 5.90. The summed E-state index contributed by atoms with van der Waals surface area (Å²) in [7, 11) is 0. The van der Waals surface area contributed by atoms with E-state index in [-0.39, 0.29) is 23.6 Å². The van der Waals surface area contributed by atoms with E-state index in [0.29, 0.717) is 23.5 Å². The van der Waals surface area contributed by atoms with Crippen LogP contribution in [-0.4, -0.2) is 31.8 Å². The molecule has 0 spiro atoms. The first kappa shape index (κ1) is 24.8. The smallest absolute Gasteiger partial charge is 0.295 e. The summed E-state index contributed by atoms with van der Waals surface area (Å²) >= 11 is 0. The molecule has 0 radical (unpaired) electrons. The molecule has 190 valence electrons. The van der Waals surface area contributed by atoms with Crippen LogP contribution < -0.4 is 4.74 Å². The summed E-state index contributed by atoms with van der Waals surface area (Å²) in [6, 6.07) is 23.7.